The van der Waals surface area contributed by atoms with E-state index >= 15 is 0 Å². The van der Waals surface area contributed by atoms with Crippen LogP contribution in [-0.2, 0) is 4.79 Å². The summed E-state index contributed by atoms with van der Waals surface area (Å²) in [5, 5.41) is 6.99. The molecule has 1 saturated heterocycles. The van der Waals surface area contributed by atoms with Gasteiger partial charge in [-0.25, -0.2) is 4.52 Å². The first-order valence-electron chi connectivity index (χ1n) is 9.32. The summed E-state index contributed by atoms with van der Waals surface area (Å²) < 4.78 is 7.23. The average Bonchev–Trinajstić information content (AvgIpc) is 3.07. The molecule has 1 aliphatic heterocycles. The van der Waals surface area contributed by atoms with Crippen molar-refractivity contribution in [3.8, 4) is 5.75 Å². The van der Waals surface area contributed by atoms with Crippen LogP contribution in [0.15, 0.2) is 36.5 Å². The zero-order valence-corrected chi connectivity index (χ0v) is 16.3. The molecule has 0 bridgehead atoms. The molecule has 0 saturated carbocycles. The molecular formula is C20H24N6O2. The molecule has 1 N–H and O–H groups in total. The molecule has 1 aromatic carbocycles. The zero-order valence-electron chi connectivity index (χ0n) is 16.3. The number of para-hydroxylation sites is 2. The van der Waals surface area contributed by atoms with Gasteiger partial charge < -0.3 is 14.5 Å². The molecule has 1 aliphatic rings. The summed E-state index contributed by atoms with van der Waals surface area (Å²) in [6, 6.07) is 10.1. The van der Waals surface area contributed by atoms with Crippen LogP contribution in [-0.4, -0.2) is 53.8 Å². The van der Waals surface area contributed by atoms with E-state index in [4.69, 9.17) is 4.74 Å². The van der Waals surface area contributed by atoms with E-state index in [1.807, 2.05) is 30.5 Å². The topological polar surface area (TPSA) is 75.0 Å². The third-order valence-corrected chi connectivity index (χ3v) is 4.99. The lowest BCUT2D eigenvalue weighted by Crippen LogP contribution is -2.47. The fraction of sp³-hybridized carbons (Fsp3) is 0.350. The lowest BCUT2D eigenvalue weighted by molar-refractivity contribution is -0.114. The van der Waals surface area contributed by atoms with Crippen LogP contribution in [0.2, 0.25) is 0 Å². The van der Waals surface area contributed by atoms with Gasteiger partial charge in [0.25, 0.3) is 0 Å². The van der Waals surface area contributed by atoms with Gasteiger partial charge in [0.1, 0.15) is 5.75 Å². The van der Waals surface area contributed by atoms with E-state index in [0.29, 0.717) is 5.95 Å². The maximum atomic E-state index is 11.2. The summed E-state index contributed by atoms with van der Waals surface area (Å²) in [4.78, 5) is 20.3. The predicted molar refractivity (Wildman–Crippen MR) is 109 cm³/mol. The Morgan fingerprint density at radius 3 is 2.46 bits per heavy atom. The van der Waals surface area contributed by atoms with Gasteiger partial charge in [0.05, 0.1) is 24.7 Å². The molecule has 0 radical (unpaired) electrons. The lowest BCUT2D eigenvalue weighted by Gasteiger charge is -2.38. The van der Waals surface area contributed by atoms with Gasteiger partial charge in [-0.05, 0) is 30.7 Å². The first-order valence-corrected chi connectivity index (χ1v) is 9.32. The minimum absolute atomic E-state index is 0.180. The van der Waals surface area contributed by atoms with Gasteiger partial charge in [0.2, 0.25) is 11.9 Å². The van der Waals surface area contributed by atoms with Crippen LogP contribution in [0.3, 0.4) is 0 Å². The molecule has 0 aliphatic carbocycles. The third-order valence-electron chi connectivity index (χ3n) is 4.99. The Labute approximate surface area is 163 Å². The summed E-state index contributed by atoms with van der Waals surface area (Å²) in [5.74, 6) is 1.05. The average molecular weight is 380 g/mol. The molecule has 8 heteroatoms. The van der Waals surface area contributed by atoms with Gasteiger partial charge in [-0.1, -0.05) is 12.1 Å². The highest BCUT2D eigenvalue weighted by molar-refractivity contribution is 5.86. The Kier molecular flexibility index (Phi) is 4.77. The number of hydrogen-bond acceptors (Lipinski definition) is 6. The largest absolute Gasteiger partial charge is 0.495 e. The number of anilines is 3. The summed E-state index contributed by atoms with van der Waals surface area (Å²) in [6.45, 7) is 7.15. The second-order valence-electron chi connectivity index (χ2n) is 6.91. The Morgan fingerprint density at radius 1 is 1.11 bits per heavy atom. The van der Waals surface area contributed by atoms with Gasteiger partial charge >= 0.3 is 0 Å². The molecule has 8 nitrogen and oxygen atoms in total. The van der Waals surface area contributed by atoms with Gasteiger partial charge in [-0.2, -0.15) is 4.98 Å². The minimum Gasteiger partial charge on any atom is -0.495 e. The minimum atomic E-state index is -0.180. The molecule has 28 heavy (non-hydrogen) atoms. The smallest absolute Gasteiger partial charge is 0.249 e. The van der Waals surface area contributed by atoms with Gasteiger partial charge in [-0.3, -0.25) is 10.1 Å². The molecule has 1 amide bonds. The van der Waals surface area contributed by atoms with Gasteiger partial charge in [0.15, 0.2) is 5.65 Å². The highest BCUT2D eigenvalue weighted by Crippen LogP contribution is 2.30. The number of nitrogens with zero attached hydrogens (tertiary/aromatic N) is 5. The number of benzene rings is 1. The lowest BCUT2D eigenvalue weighted by atomic mass is 10.2. The molecule has 3 aromatic rings. The molecular weight excluding hydrogens is 356 g/mol. The monoisotopic (exact) mass is 380 g/mol. The number of aromatic nitrogens is 3. The van der Waals surface area contributed by atoms with Crippen molar-refractivity contribution < 1.29 is 9.53 Å². The SMILES string of the molecule is COc1ccccc1N1CCN(c2cn3nc(NC(C)=O)nc3cc2C)CC1. The first-order chi connectivity index (χ1) is 13.5. The van der Waals surface area contributed by atoms with E-state index < -0.39 is 0 Å². The van der Waals surface area contributed by atoms with Crippen molar-refractivity contribution in [3.05, 3.63) is 42.1 Å². The van der Waals surface area contributed by atoms with E-state index in [1.165, 1.54) is 6.92 Å². The van der Waals surface area contributed by atoms with Gasteiger partial charge in [-0.15, -0.1) is 5.10 Å². The normalized spacial score (nSPS) is 14.4. The number of aryl methyl sites for hydroxylation is 1. The maximum absolute atomic E-state index is 11.2. The van der Waals surface area contributed by atoms with Crippen LogP contribution < -0.4 is 19.9 Å². The first kappa shape index (κ1) is 18.1. The molecule has 0 atom stereocenters. The Bertz CT molecular complexity index is 1010. The number of ether oxygens (including phenoxy) is 1. The Balaban J connectivity index is 1.53. The van der Waals surface area contributed by atoms with Crippen LogP contribution in [0.5, 0.6) is 5.75 Å². The highest BCUT2D eigenvalue weighted by Gasteiger charge is 2.21. The summed E-state index contributed by atoms with van der Waals surface area (Å²) in [6.07, 6.45) is 1.99. The van der Waals surface area contributed by atoms with Gasteiger partial charge in [0, 0.05) is 33.1 Å². The highest BCUT2D eigenvalue weighted by atomic mass is 16.5. The molecule has 4 rings (SSSR count). The van der Waals surface area contributed by atoms with Crippen LogP contribution in [0.1, 0.15) is 12.5 Å². The second-order valence-corrected chi connectivity index (χ2v) is 6.91. The van der Waals surface area contributed by atoms with E-state index in [9.17, 15) is 4.79 Å². The molecule has 0 unspecified atom stereocenters. The molecule has 3 heterocycles. The van der Waals surface area contributed by atoms with Crippen LogP contribution >= 0.6 is 0 Å². The number of rotatable bonds is 4. The summed E-state index contributed by atoms with van der Waals surface area (Å²) >= 11 is 0. The van der Waals surface area contributed by atoms with Crippen molar-refractivity contribution in [2.75, 3.05) is 48.4 Å². The van der Waals surface area contributed by atoms with Crippen molar-refractivity contribution >= 4 is 28.9 Å². The van der Waals surface area contributed by atoms with Crippen molar-refractivity contribution in [2.45, 2.75) is 13.8 Å². The molecule has 1 fully saturated rings. The predicted octanol–water partition coefficient (Wildman–Crippen LogP) is 2.33. The number of carbonyl (C=O) groups excluding carboxylic acids is 1. The maximum Gasteiger partial charge on any atom is 0.249 e. The summed E-state index contributed by atoms with van der Waals surface area (Å²) in [7, 11) is 1.71. The summed E-state index contributed by atoms with van der Waals surface area (Å²) in [5.41, 5.74) is 4.12. The number of nitrogens with one attached hydrogen (secondary N) is 1. The van der Waals surface area contributed by atoms with Crippen LogP contribution in [0.4, 0.5) is 17.3 Å². The molecule has 146 valence electrons. The van der Waals surface area contributed by atoms with E-state index in [1.54, 1.807) is 11.6 Å². The number of pyridine rings is 1. The van der Waals surface area contributed by atoms with Crippen molar-refractivity contribution in [1.29, 1.82) is 0 Å². The molecule has 0 spiro atoms. The number of fused-ring (bicyclic) bond motifs is 1. The number of hydrogen-bond donors (Lipinski definition) is 1. The zero-order chi connectivity index (χ0) is 19.7. The van der Waals surface area contributed by atoms with Crippen LogP contribution in [0.25, 0.3) is 5.65 Å². The van der Waals surface area contributed by atoms with E-state index in [0.717, 1.165) is 54.5 Å². The number of methoxy groups -OCH3 is 1. The van der Waals surface area contributed by atoms with Crippen molar-refractivity contribution in [1.82, 2.24) is 14.6 Å². The molecule has 2 aromatic heterocycles. The van der Waals surface area contributed by atoms with Crippen molar-refractivity contribution in [3.63, 3.8) is 0 Å². The van der Waals surface area contributed by atoms with E-state index in [2.05, 4.69) is 38.2 Å². The number of piperazine rings is 1. The fourth-order valence-corrected chi connectivity index (χ4v) is 3.63. The Hall–Kier alpha value is -3.29. The number of carbonyl (C=O) groups is 1. The third kappa shape index (κ3) is 3.45. The standard InChI is InChI=1S/C20H24N6O2/c1-14-12-19-22-20(21-15(2)27)23-26(19)13-17(14)25-10-8-24(9-11-25)16-6-4-5-7-18(16)28-3/h4-7,12-13H,8-11H2,1-3H3,(H,21,23,27). The number of amides is 1. The Morgan fingerprint density at radius 2 is 1.79 bits per heavy atom. The second kappa shape index (κ2) is 7.38. The van der Waals surface area contributed by atoms with Crippen LogP contribution in [0, 0.1) is 6.92 Å². The quantitative estimate of drug-likeness (QED) is 0.749. The van der Waals surface area contributed by atoms with E-state index in [-0.39, 0.29) is 5.91 Å². The fourth-order valence-electron chi connectivity index (χ4n) is 3.63. The van der Waals surface area contributed by atoms with Crippen molar-refractivity contribution in [2.24, 2.45) is 0 Å².